The van der Waals surface area contributed by atoms with E-state index in [1.165, 1.54) is 64.2 Å². The Bertz CT molecular complexity index is 1450. The zero-order chi connectivity index (χ0) is 48.2. The second kappa shape index (κ2) is 37.9. The van der Waals surface area contributed by atoms with Crippen molar-refractivity contribution in [3.8, 4) is 0 Å². The Hall–Kier alpha value is -2.04. The number of carbonyl (C=O) groups is 2. The van der Waals surface area contributed by atoms with Crippen LogP contribution in [0.4, 0.5) is 0 Å². The molecule has 1 saturated carbocycles. The Kier molecular flexibility index (Phi) is 35.5. The van der Waals surface area contributed by atoms with Gasteiger partial charge in [-0.1, -0.05) is 146 Å². The standard InChI is InChI=1S/C47H84O16P2/c1-3-5-7-9-11-13-15-17-19-20-22-24-26-28-30-32-34-36-41(49)61-39(37-59-40(48)35-33-31-29-27-25-23-21-18-16-14-12-10-8-6-4-2)38-60-65(57,58)63-47-44(52)42(50)43(51)46(45(47)53)62-64(54,55)56/h14,16-17,19,22,24,28,30,39,42-47,50-53H,3-13,15,18,20-21,23,25-27,29,31-38H2,1-2H3,(H,57,58)(H2,54,55,56)/b16-14-,19-17-,24-22-,30-28-/t39-,42?,43?,44?,45?,46-,47+/m1/s1. The van der Waals surface area contributed by atoms with Gasteiger partial charge in [-0.15, -0.1) is 0 Å². The van der Waals surface area contributed by atoms with Gasteiger partial charge in [0.15, 0.2) is 6.10 Å². The molecule has 1 rings (SSSR count). The summed E-state index contributed by atoms with van der Waals surface area (Å²) in [5.74, 6) is -1.27. The van der Waals surface area contributed by atoms with Gasteiger partial charge in [-0.05, 0) is 70.6 Å². The maximum atomic E-state index is 13.0. The number of aliphatic hydroxyl groups excluding tert-OH is 4. The zero-order valence-electron chi connectivity index (χ0n) is 39.2. The molecule has 65 heavy (non-hydrogen) atoms. The van der Waals surface area contributed by atoms with Crippen LogP contribution in [0.5, 0.6) is 0 Å². The molecule has 0 radical (unpaired) electrons. The summed E-state index contributed by atoms with van der Waals surface area (Å²) in [4.78, 5) is 54.3. The molecule has 18 heteroatoms. The largest absolute Gasteiger partial charge is 0.472 e. The molecule has 0 heterocycles. The van der Waals surface area contributed by atoms with Gasteiger partial charge in [-0.3, -0.25) is 23.2 Å². The number of rotatable bonds is 40. The highest BCUT2D eigenvalue weighted by Crippen LogP contribution is 2.49. The van der Waals surface area contributed by atoms with Crippen molar-refractivity contribution in [3.63, 3.8) is 0 Å². The molecule has 0 aromatic heterocycles. The SMILES string of the molecule is CCCCCC/C=C\CCCCCCCCCC(=O)OC[C@H](COP(=O)(O)O[C@H]1C(O)C(O)C(O)[C@@H](OP(=O)(O)O)C1O)OC(=O)CCC/C=C\C/C=C\C/C=C\CCCCCCCC. The molecule has 0 aromatic carbocycles. The molecule has 0 saturated heterocycles. The van der Waals surface area contributed by atoms with Crippen molar-refractivity contribution in [2.45, 2.75) is 224 Å². The minimum Gasteiger partial charge on any atom is -0.462 e. The normalized spacial score (nSPS) is 22.0. The molecule has 7 N–H and O–H groups in total. The van der Waals surface area contributed by atoms with Crippen LogP contribution in [0, 0.1) is 0 Å². The lowest BCUT2D eigenvalue weighted by atomic mass is 9.85. The van der Waals surface area contributed by atoms with Crippen molar-refractivity contribution < 1.29 is 76.9 Å². The lowest BCUT2D eigenvalue weighted by Gasteiger charge is -2.43. The van der Waals surface area contributed by atoms with Gasteiger partial charge in [0.2, 0.25) is 0 Å². The van der Waals surface area contributed by atoms with E-state index in [9.17, 15) is 53.8 Å². The summed E-state index contributed by atoms with van der Waals surface area (Å²) in [6, 6.07) is 0. The molecule has 1 aliphatic carbocycles. The third kappa shape index (κ3) is 32.4. The number of phosphoric ester groups is 2. The van der Waals surface area contributed by atoms with Crippen LogP contribution in [-0.4, -0.2) is 103 Å². The summed E-state index contributed by atoms with van der Waals surface area (Å²) >= 11 is 0. The van der Waals surface area contributed by atoms with Crippen LogP contribution in [0.1, 0.15) is 181 Å². The van der Waals surface area contributed by atoms with E-state index in [0.717, 1.165) is 70.6 Å². The van der Waals surface area contributed by atoms with Gasteiger partial charge < -0.3 is 44.6 Å². The number of phosphoric acid groups is 2. The molecule has 5 unspecified atom stereocenters. The third-order valence-electron chi connectivity index (χ3n) is 10.9. The molecule has 0 aromatic rings. The van der Waals surface area contributed by atoms with E-state index in [4.69, 9.17) is 18.5 Å². The van der Waals surface area contributed by atoms with Crippen LogP contribution in [0.3, 0.4) is 0 Å². The van der Waals surface area contributed by atoms with Crippen LogP contribution in [0.25, 0.3) is 0 Å². The maximum absolute atomic E-state index is 13.0. The van der Waals surface area contributed by atoms with Crippen molar-refractivity contribution >= 4 is 27.6 Å². The second-order valence-corrected chi connectivity index (χ2v) is 19.4. The van der Waals surface area contributed by atoms with Gasteiger partial charge in [0.25, 0.3) is 0 Å². The average Bonchev–Trinajstić information content (AvgIpc) is 3.26. The molecule has 1 fully saturated rings. The van der Waals surface area contributed by atoms with Crippen molar-refractivity contribution in [1.82, 2.24) is 0 Å². The molecule has 0 amide bonds. The molecule has 16 nitrogen and oxygen atoms in total. The second-order valence-electron chi connectivity index (χ2n) is 16.8. The molecule has 0 spiro atoms. The molecule has 8 atom stereocenters. The smallest absolute Gasteiger partial charge is 0.462 e. The van der Waals surface area contributed by atoms with Crippen LogP contribution >= 0.6 is 15.6 Å². The summed E-state index contributed by atoms with van der Waals surface area (Å²) in [6.45, 7) is 3.05. The lowest BCUT2D eigenvalue weighted by molar-refractivity contribution is -0.216. The van der Waals surface area contributed by atoms with Crippen molar-refractivity contribution in [2.75, 3.05) is 13.2 Å². The predicted octanol–water partition coefficient (Wildman–Crippen LogP) is 9.29. The van der Waals surface area contributed by atoms with Crippen molar-refractivity contribution in [3.05, 3.63) is 48.6 Å². The molecule has 1 aliphatic rings. The number of esters is 2. The fourth-order valence-electron chi connectivity index (χ4n) is 7.09. The van der Waals surface area contributed by atoms with Gasteiger partial charge in [0, 0.05) is 12.8 Å². The minimum absolute atomic E-state index is 0.0290. The van der Waals surface area contributed by atoms with Crippen molar-refractivity contribution in [2.24, 2.45) is 0 Å². The lowest BCUT2D eigenvalue weighted by Crippen LogP contribution is -2.64. The number of aliphatic hydroxyl groups is 4. The number of allylic oxidation sites excluding steroid dienone is 8. The van der Waals surface area contributed by atoms with E-state index in [-0.39, 0.29) is 12.8 Å². The van der Waals surface area contributed by atoms with E-state index in [0.29, 0.717) is 19.3 Å². The molecule has 0 aliphatic heterocycles. The molecular weight excluding hydrogens is 882 g/mol. The van der Waals surface area contributed by atoms with E-state index >= 15 is 0 Å². The highest BCUT2D eigenvalue weighted by molar-refractivity contribution is 7.47. The van der Waals surface area contributed by atoms with Gasteiger partial charge in [-0.2, -0.15) is 0 Å². The topological polar surface area (TPSA) is 256 Å². The fourth-order valence-corrected chi connectivity index (χ4v) is 8.63. The predicted molar refractivity (Wildman–Crippen MR) is 250 cm³/mol. The van der Waals surface area contributed by atoms with E-state index < -0.39 is 83.5 Å². The van der Waals surface area contributed by atoms with E-state index in [1.54, 1.807) is 0 Å². The molecule has 378 valence electrons. The Balaban J connectivity index is 2.63. The maximum Gasteiger partial charge on any atom is 0.472 e. The first kappa shape index (κ1) is 61.0. The monoisotopic (exact) mass is 967 g/mol. The molecular formula is C47H84O16P2. The molecule has 0 bridgehead atoms. The number of unbranched alkanes of at least 4 members (excludes halogenated alkanes) is 18. The first-order valence-electron chi connectivity index (χ1n) is 24.2. The van der Waals surface area contributed by atoms with Gasteiger partial charge >= 0.3 is 27.6 Å². The van der Waals surface area contributed by atoms with Crippen LogP contribution in [-0.2, 0) is 41.8 Å². The van der Waals surface area contributed by atoms with Crippen LogP contribution in [0.2, 0.25) is 0 Å². The minimum atomic E-state index is -5.37. The van der Waals surface area contributed by atoms with E-state index in [1.807, 2.05) is 12.2 Å². The Morgan fingerprint density at radius 1 is 0.492 bits per heavy atom. The average molecular weight is 967 g/mol. The Morgan fingerprint density at radius 3 is 1.43 bits per heavy atom. The Labute approximate surface area is 388 Å². The van der Waals surface area contributed by atoms with Crippen LogP contribution < -0.4 is 0 Å². The third-order valence-corrected chi connectivity index (χ3v) is 12.4. The summed E-state index contributed by atoms with van der Waals surface area (Å²) in [5.41, 5.74) is 0. The van der Waals surface area contributed by atoms with Crippen molar-refractivity contribution in [1.29, 1.82) is 0 Å². The summed E-state index contributed by atoms with van der Waals surface area (Å²) < 4.78 is 49.3. The van der Waals surface area contributed by atoms with Gasteiger partial charge in [0.1, 0.15) is 43.2 Å². The summed E-state index contributed by atoms with van der Waals surface area (Å²) in [5, 5.41) is 41.2. The first-order chi connectivity index (χ1) is 31.1. The quantitative estimate of drug-likeness (QED) is 0.0131. The Morgan fingerprint density at radius 2 is 0.908 bits per heavy atom. The van der Waals surface area contributed by atoms with E-state index in [2.05, 4.69) is 54.8 Å². The zero-order valence-corrected chi connectivity index (χ0v) is 40.9. The summed E-state index contributed by atoms with van der Waals surface area (Å²) in [7, 11) is -10.7. The van der Waals surface area contributed by atoms with Gasteiger partial charge in [0.05, 0.1) is 6.61 Å². The number of hydrogen-bond acceptors (Lipinski definition) is 13. The number of hydrogen-bond donors (Lipinski definition) is 7. The fraction of sp³-hybridized carbons (Fsp3) is 0.787. The highest BCUT2D eigenvalue weighted by atomic mass is 31.2. The number of ether oxygens (including phenoxy) is 2. The highest BCUT2D eigenvalue weighted by Gasteiger charge is 2.54. The first-order valence-corrected chi connectivity index (χ1v) is 27.2. The summed E-state index contributed by atoms with van der Waals surface area (Å²) in [6.07, 6.45) is 27.9. The number of carbonyl (C=O) groups excluding carboxylic acids is 2. The van der Waals surface area contributed by atoms with Gasteiger partial charge in [-0.25, -0.2) is 9.13 Å². The van der Waals surface area contributed by atoms with Crippen LogP contribution in [0.15, 0.2) is 48.6 Å².